The molecule has 0 bridgehead atoms. The molecule has 4 rings (SSSR count). The van der Waals surface area contributed by atoms with E-state index in [0.29, 0.717) is 11.1 Å². The molecule has 2 aliphatic heterocycles. The molecular weight excluding hydrogens is 288 g/mol. The van der Waals surface area contributed by atoms with Crippen LogP contribution in [-0.4, -0.2) is 41.8 Å². The van der Waals surface area contributed by atoms with Gasteiger partial charge in [-0.2, -0.15) is 0 Å². The normalized spacial score (nSPS) is 17.8. The first-order valence-electron chi connectivity index (χ1n) is 7.97. The van der Waals surface area contributed by atoms with Crippen LogP contribution in [-0.2, 0) is 0 Å². The highest BCUT2D eigenvalue weighted by molar-refractivity contribution is 6.26. The average Bonchev–Trinajstić information content (AvgIpc) is 3.09. The Balaban J connectivity index is 1.87. The van der Waals surface area contributed by atoms with Crippen molar-refractivity contribution in [1.82, 2.24) is 9.80 Å². The van der Waals surface area contributed by atoms with Crippen molar-refractivity contribution in [3.63, 3.8) is 0 Å². The molecular formula is C19H18N2O2. The van der Waals surface area contributed by atoms with Crippen LogP contribution in [0.25, 0.3) is 16.8 Å². The molecule has 0 radical (unpaired) electrons. The fourth-order valence-electron chi connectivity index (χ4n) is 3.46. The molecule has 1 fully saturated rings. The van der Waals surface area contributed by atoms with E-state index in [9.17, 15) is 9.59 Å². The third-order valence-electron chi connectivity index (χ3n) is 4.75. The highest BCUT2D eigenvalue weighted by Crippen LogP contribution is 2.32. The number of benzene rings is 2. The third kappa shape index (κ3) is 2.13. The van der Waals surface area contributed by atoms with E-state index in [0.717, 1.165) is 29.4 Å². The first kappa shape index (κ1) is 14.0. The van der Waals surface area contributed by atoms with Crippen molar-refractivity contribution in [2.45, 2.75) is 12.8 Å². The van der Waals surface area contributed by atoms with Crippen LogP contribution in [0.15, 0.2) is 36.5 Å². The smallest absolute Gasteiger partial charge is 0.261 e. The third-order valence-corrected chi connectivity index (χ3v) is 4.75. The summed E-state index contributed by atoms with van der Waals surface area (Å²) in [4.78, 5) is 28.2. The van der Waals surface area contributed by atoms with Crippen LogP contribution in [0.3, 0.4) is 0 Å². The summed E-state index contributed by atoms with van der Waals surface area (Å²) in [7, 11) is 1.54. The Morgan fingerprint density at radius 3 is 2.39 bits per heavy atom. The van der Waals surface area contributed by atoms with Crippen molar-refractivity contribution in [2.75, 3.05) is 20.1 Å². The zero-order chi connectivity index (χ0) is 16.0. The molecule has 0 N–H and O–H groups in total. The number of amides is 2. The number of hydrogen-bond donors (Lipinski definition) is 0. The summed E-state index contributed by atoms with van der Waals surface area (Å²) in [6.45, 7) is 2.19. The van der Waals surface area contributed by atoms with Crippen molar-refractivity contribution in [3.8, 4) is 0 Å². The van der Waals surface area contributed by atoms with Crippen LogP contribution in [0.2, 0.25) is 0 Å². The second-order valence-corrected chi connectivity index (χ2v) is 6.16. The second kappa shape index (κ2) is 5.23. The van der Waals surface area contributed by atoms with Gasteiger partial charge in [0.2, 0.25) is 0 Å². The first-order valence-corrected chi connectivity index (χ1v) is 7.97. The van der Waals surface area contributed by atoms with Crippen molar-refractivity contribution in [2.24, 2.45) is 0 Å². The Kier molecular flexibility index (Phi) is 3.18. The molecule has 2 heterocycles. The van der Waals surface area contributed by atoms with Gasteiger partial charge in [0, 0.05) is 36.7 Å². The minimum Gasteiger partial charge on any atom is -0.377 e. The minimum absolute atomic E-state index is 0.228. The zero-order valence-corrected chi connectivity index (χ0v) is 13.1. The van der Waals surface area contributed by atoms with Crippen LogP contribution in [0.1, 0.15) is 39.1 Å². The van der Waals surface area contributed by atoms with Gasteiger partial charge in [0.05, 0.1) is 0 Å². The lowest BCUT2D eigenvalue weighted by Gasteiger charge is -2.24. The summed E-state index contributed by atoms with van der Waals surface area (Å²) in [5.74, 6) is -0.456. The summed E-state index contributed by atoms with van der Waals surface area (Å²) >= 11 is 0. The molecule has 0 aliphatic carbocycles. The van der Waals surface area contributed by atoms with Gasteiger partial charge in [-0.25, -0.2) is 0 Å². The quantitative estimate of drug-likeness (QED) is 0.800. The lowest BCUT2D eigenvalue weighted by molar-refractivity contribution is 0.0650. The minimum atomic E-state index is -0.228. The maximum Gasteiger partial charge on any atom is 0.261 e. The van der Waals surface area contributed by atoms with Crippen LogP contribution in [0.5, 0.6) is 0 Å². The highest BCUT2D eigenvalue weighted by Gasteiger charge is 2.30. The van der Waals surface area contributed by atoms with Gasteiger partial charge in [0.1, 0.15) is 0 Å². The van der Waals surface area contributed by atoms with Crippen molar-refractivity contribution in [1.29, 1.82) is 0 Å². The lowest BCUT2D eigenvalue weighted by atomic mass is 9.91. The number of rotatable bonds is 2. The van der Waals surface area contributed by atoms with Gasteiger partial charge in [-0.15, -0.1) is 0 Å². The Morgan fingerprint density at radius 2 is 1.65 bits per heavy atom. The molecule has 0 spiro atoms. The van der Waals surface area contributed by atoms with E-state index in [1.807, 2.05) is 24.3 Å². The molecule has 2 aromatic carbocycles. The monoisotopic (exact) mass is 306 g/mol. The Hall–Kier alpha value is -2.62. The second-order valence-electron chi connectivity index (χ2n) is 6.16. The summed E-state index contributed by atoms with van der Waals surface area (Å²) in [5.41, 5.74) is 2.26. The fraction of sp³-hybridized carbons (Fsp3) is 0.263. The number of likely N-dealkylation sites (tertiary alicyclic amines) is 1. The van der Waals surface area contributed by atoms with Gasteiger partial charge in [-0.3, -0.25) is 14.5 Å². The van der Waals surface area contributed by atoms with E-state index in [2.05, 4.69) is 17.2 Å². The molecule has 116 valence electrons. The predicted molar refractivity (Wildman–Crippen MR) is 90.2 cm³/mol. The molecule has 4 nitrogen and oxygen atoms in total. The van der Waals surface area contributed by atoms with E-state index in [1.54, 1.807) is 6.07 Å². The Bertz CT molecular complexity index is 826. The van der Waals surface area contributed by atoms with E-state index >= 15 is 0 Å². The largest absolute Gasteiger partial charge is 0.377 e. The summed E-state index contributed by atoms with van der Waals surface area (Å²) in [5, 5.41) is 1.74. The molecule has 0 saturated carbocycles. The van der Waals surface area contributed by atoms with Crippen LogP contribution in [0.4, 0.5) is 0 Å². The molecule has 23 heavy (non-hydrogen) atoms. The van der Waals surface area contributed by atoms with Crippen molar-refractivity contribution in [3.05, 3.63) is 53.2 Å². The summed E-state index contributed by atoms with van der Waals surface area (Å²) in [6, 6.07) is 9.47. The van der Waals surface area contributed by atoms with Gasteiger partial charge < -0.3 is 4.90 Å². The molecule has 2 amide bonds. The molecule has 2 aromatic rings. The maximum atomic E-state index is 12.4. The number of imide groups is 1. The zero-order valence-electron chi connectivity index (χ0n) is 13.1. The Morgan fingerprint density at radius 1 is 0.957 bits per heavy atom. The SMILES string of the molecule is CN1C(=O)c2cccc3c(/C=C/N4CCCC4)ccc(c23)C1=O. The van der Waals surface area contributed by atoms with Crippen LogP contribution in [0, 0.1) is 0 Å². The fourth-order valence-corrected chi connectivity index (χ4v) is 3.46. The lowest BCUT2D eigenvalue weighted by Crippen LogP contribution is -2.36. The van der Waals surface area contributed by atoms with E-state index in [4.69, 9.17) is 0 Å². The topological polar surface area (TPSA) is 40.6 Å². The molecule has 0 aromatic heterocycles. The van der Waals surface area contributed by atoms with Gasteiger partial charge in [-0.05, 0) is 48.2 Å². The Labute approximate surface area is 135 Å². The predicted octanol–water partition coefficient (Wildman–Crippen LogP) is 3.13. The summed E-state index contributed by atoms with van der Waals surface area (Å²) in [6.07, 6.45) is 6.68. The molecule has 0 unspecified atom stereocenters. The number of nitrogens with zero attached hydrogens (tertiary/aromatic N) is 2. The molecule has 2 aliphatic rings. The highest BCUT2D eigenvalue weighted by atomic mass is 16.2. The first-order chi connectivity index (χ1) is 11.2. The molecule has 1 saturated heterocycles. The standard InChI is InChI=1S/C19H18N2O2/c1-20-18(22)15-6-4-5-14-13(9-12-21-10-2-3-11-21)7-8-16(17(14)15)19(20)23/h4-9,12H,2-3,10-11H2,1H3/b12-9+. The van der Waals surface area contributed by atoms with Gasteiger partial charge in [-0.1, -0.05) is 18.2 Å². The van der Waals surface area contributed by atoms with Gasteiger partial charge >= 0.3 is 0 Å². The van der Waals surface area contributed by atoms with Gasteiger partial charge in [0.15, 0.2) is 0 Å². The van der Waals surface area contributed by atoms with Crippen LogP contribution < -0.4 is 0 Å². The van der Waals surface area contributed by atoms with E-state index in [1.165, 1.54) is 24.8 Å². The number of carbonyl (C=O) groups is 2. The molecule has 4 heteroatoms. The van der Waals surface area contributed by atoms with E-state index in [-0.39, 0.29) is 11.8 Å². The number of hydrogen-bond acceptors (Lipinski definition) is 3. The average molecular weight is 306 g/mol. The van der Waals surface area contributed by atoms with Crippen LogP contribution >= 0.6 is 0 Å². The molecule has 0 atom stereocenters. The van der Waals surface area contributed by atoms with Crippen molar-refractivity contribution >= 4 is 28.7 Å². The summed E-state index contributed by atoms with van der Waals surface area (Å²) < 4.78 is 0. The number of carbonyl (C=O) groups excluding carboxylic acids is 2. The van der Waals surface area contributed by atoms with E-state index < -0.39 is 0 Å². The maximum absolute atomic E-state index is 12.4. The van der Waals surface area contributed by atoms with Crippen molar-refractivity contribution < 1.29 is 9.59 Å². The van der Waals surface area contributed by atoms with Gasteiger partial charge in [0.25, 0.3) is 11.8 Å².